The Hall–Kier alpha value is -1.70. The third-order valence-electron chi connectivity index (χ3n) is 3.38. The number of nitrogens with zero attached hydrogens (tertiary/aromatic N) is 4. The predicted molar refractivity (Wildman–Crippen MR) is 80.5 cm³/mol. The van der Waals surface area contributed by atoms with Gasteiger partial charge in [0.1, 0.15) is 13.2 Å². The second-order valence-electron chi connectivity index (χ2n) is 4.74. The van der Waals surface area contributed by atoms with Crippen molar-refractivity contribution in [2.24, 2.45) is 0 Å². The lowest BCUT2D eigenvalue weighted by atomic mass is 10.2. The second kappa shape index (κ2) is 8.07. The molecule has 0 atom stereocenters. The highest BCUT2D eigenvalue weighted by Crippen LogP contribution is 2.16. The van der Waals surface area contributed by atoms with Gasteiger partial charge >= 0.3 is 0 Å². The Morgan fingerprint density at radius 2 is 1.82 bits per heavy atom. The van der Waals surface area contributed by atoms with Crippen LogP contribution in [0.4, 0.5) is 18.9 Å². The van der Waals surface area contributed by atoms with E-state index in [4.69, 9.17) is 0 Å². The molecule has 0 aliphatic heterocycles. The summed E-state index contributed by atoms with van der Waals surface area (Å²) in [5.74, 6) is 0. The summed E-state index contributed by atoms with van der Waals surface area (Å²) >= 11 is 0. The molecule has 5 nitrogen and oxygen atoms in total. The van der Waals surface area contributed by atoms with Crippen molar-refractivity contribution in [3.8, 4) is 0 Å². The van der Waals surface area contributed by atoms with Gasteiger partial charge in [0.25, 0.3) is 6.43 Å². The second-order valence-corrected chi connectivity index (χ2v) is 4.74. The van der Waals surface area contributed by atoms with Crippen LogP contribution in [0.3, 0.4) is 0 Å². The van der Waals surface area contributed by atoms with Crippen molar-refractivity contribution in [1.82, 2.24) is 19.6 Å². The lowest BCUT2D eigenvalue weighted by molar-refractivity contribution is 0.121. The lowest BCUT2D eigenvalue weighted by Gasteiger charge is -2.07. The van der Waals surface area contributed by atoms with E-state index in [1.54, 1.807) is 24.0 Å². The molecular weight excluding hydrogens is 319 g/mol. The van der Waals surface area contributed by atoms with Crippen molar-refractivity contribution in [3.05, 3.63) is 29.3 Å². The number of aromatic nitrogens is 4. The first-order valence-electron chi connectivity index (χ1n) is 6.64. The zero-order chi connectivity index (χ0) is 15.4. The number of halogens is 4. The van der Waals surface area contributed by atoms with Crippen LogP contribution in [0.5, 0.6) is 0 Å². The van der Waals surface area contributed by atoms with Crippen LogP contribution < -0.4 is 5.32 Å². The highest BCUT2D eigenvalue weighted by atomic mass is 35.5. The number of hydrogen-bond donors (Lipinski definition) is 1. The number of anilines is 1. The first-order valence-corrected chi connectivity index (χ1v) is 6.64. The molecule has 0 unspecified atom stereocenters. The van der Waals surface area contributed by atoms with E-state index in [-0.39, 0.29) is 19.0 Å². The van der Waals surface area contributed by atoms with Gasteiger partial charge in [-0.2, -0.15) is 10.2 Å². The highest BCUT2D eigenvalue weighted by molar-refractivity contribution is 5.85. The number of alkyl halides is 3. The molecule has 0 bridgehead atoms. The molecule has 0 aromatic carbocycles. The maximum atomic E-state index is 12.4. The van der Waals surface area contributed by atoms with Gasteiger partial charge in [-0.15, -0.1) is 12.4 Å². The van der Waals surface area contributed by atoms with Crippen molar-refractivity contribution >= 4 is 18.1 Å². The van der Waals surface area contributed by atoms with Crippen molar-refractivity contribution < 1.29 is 13.2 Å². The smallest absolute Gasteiger partial charge is 0.257 e. The maximum absolute atomic E-state index is 12.4. The molecular formula is C13H19ClF3N5. The third kappa shape index (κ3) is 4.16. The molecule has 0 aliphatic rings. The van der Waals surface area contributed by atoms with Crippen LogP contribution >= 0.6 is 12.4 Å². The Labute approximate surface area is 132 Å². The molecule has 9 heteroatoms. The van der Waals surface area contributed by atoms with Gasteiger partial charge in [0.2, 0.25) is 0 Å². The average Bonchev–Trinajstić information content (AvgIpc) is 2.94. The lowest BCUT2D eigenvalue weighted by Crippen LogP contribution is -2.10. The Bertz CT molecular complexity index is 597. The zero-order valence-electron chi connectivity index (χ0n) is 12.4. The van der Waals surface area contributed by atoms with Gasteiger partial charge in [0, 0.05) is 17.8 Å². The van der Waals surface area contributed by atoms with E-state index in [2.05, 4.69) is 15.5 Å². The van der Waals surface area contributed by atoms with E-state index in [0.29, 0.717) is 12.2 Å². The summed E-state index contributed by atoms with van der Waals surface area (Å²) in [5.41, 5.74) is 3.18. The first kappa shape index (κ1) is 18.3. The van der Waals surface area contributed by atoms with Crippen molar-refractivity contribution in [2.75, 3.05) is 12.0 Å². The molecule has 0 fully saturated rings. The fraction of sp³-hybridized carbons (Fsp3) is 0.538. The number of rotatable bonds is 7. The van der Waals surface area contributed by atoms with Gasteiger partial charge in [-0.05, 0) is 13.8 Å². The van der Waals surface area contributed by atoms with Crippen LogP contribution in [0.25, 0.3) is 0 Å². The summed E-state index contributed by atoms with van der Waals surface area (Å²) in [5, 5.41) is 11.2. The number of hydrogen-bond acceptors (Lipinski definition) is 3. The Morgan fingerprint density at radius 1 is 1.14 bits per heavy atom. The predicted octanol–water partition coefficient (Wildman–Crippen LogP) is 2.96. The Kier molecular flexibility index (Phi) is 6.73. The minimum Gasteiger partial charge on any atom is -0.378 e. The minimum atomic E-state index is -2.43. The highest BCUT2D eigenvalue weighted by Gasteiger charge is 2.12. The average molecular weight is 338 g/mol. The molecule has 2 aromatic heterocycles. The molecule has 0 amide bonds. The van der Waals surface area contributed by atoms with Crippen molar-refractivity contribution in [2.45, 2.75) is 39.9 Å². The van der Waals surface area contributed by atoms with Crippen LogP contribution in [0.1, 0.15) is 17.0 Å². The monoisotopic (exact) mass is 337 g/mol. The summed E-state index contributed by atoms with van der Waals surface area (Å²) < 4.78 is 39.9. The van der Waals surface area contributed by atoms with Gasteiger partial charge in [-0.1, -0.05) is 0 Å². The van der Waals surface area contributed by atoms with Crippen LogP contribution in [0.2, 0.25) is 0 Å². The molecule has 124 valence electrons. The summed E-state index contributed by atoms with van der Waals surface area (Å²) in [6, 6.07) is 0. The van der Waals surface area contributed by atoms with Gasteiger partial charge in [-0.25, -0.2) is 13.2 Å². The Balaban J connectivity index is 0.00000242. The molecule has 0 aliphatic carbocycles. The van der Waals surface area contributed by atoms with Crippen molar-refractivity contribution in [1.29, 1.82) is 0 Å². The van der Waals surface area contributed by atoms with Gasteiger partial charge in [-0.3, -0.25) is 9.36 Å². The van der Waals surface area contributed by atoms with Crippen LogP contribution in [0, 0.1) is 13.8 Å². The molecule has 22 heavy (non-hydrogen) atoms. The molecule has 2 heterocycles. The van der Waals surface area contributed by atoms with E-state index in [1.807, 2.05) is 6.92 Å². The number of nitrogens with one attached hydrogen (secondary N) is 1. The quantitative estimate of drug-likeness (QED) is 0.845. The summed E-state index contributed by atoms with van der Waals surface area (Å²) in [7, 11) is 0. The Morgan fingerprint density at radius 3 is 2.45 bits per heavy atom. The minimum absolute atomic E-state index is 0. The maximum Gasteiger partial charge on any atom is 0.257 e. The van der Waals surface area contributed by atoms with Crippen molar-refractivity contribution in [3.63, 3.8) is 0 Å². The summed E-state index contributed by atoms with van der Waals surface area (Å²) in [6.45, 7) is 3.40. The van der Waals surface area contributed by atoms with E-state index in [9.17, 15) is 13.2 Å². The SMILES string of the molecule is Cc1c(CNc2cnn(CCF)c2C)cnn1CC(F)F.Cl. The van der Waals surface area contributed by atoms with Gasteiger partial charge < -0.3 is 5.32 Å². The van der Waals surface area contributed by atoms with E-state index in [1.165, 1.54) is 4.68 Å². The molecule has 2 aromatic rings. The fourth-order valence-corrected chi connectivity index (χ4v) is 2.09. The van der Waals surface area contributed by atoms with Crippen LogP contribution in [-0.2, 0) is 19.6 Å². The van der Waals surface area contributed by atoms with Gasteiger partial charge in [0.05, 0.1) is 30.3 Å². The zero-order valence-corrected chi connectivity index (χ0v) is 13.2. The summed E-state index contributed by atoms with van der Waals surface area (Å²) in [6.07, 6.45) is 0.779. The third-order valence-corrected chi connectivity index (χ3v) is 3.38. The van der Waals surface area contributed by atoms with Crippen LogP contribution in [0.15, 0.2) is 12.4 Å². The molecule has 1 N–H and O–H groups in total. The molecule has 0 radical (unpaired) electrons. The molecule has 0 spiro atoms. The first-order chi connectivity index (χ1) is 10.0. The topological polar surface area (TPSA) is 47.7 Å². The normalized spacial score (nSPS) is 10.8. The largest absolute Gasteiger partial charge is 0.378 e. The molecule has 0 saturated carbocycles. The molecule has 0 saturated heterocycles. The molecule has 2 rings (SSSR count). The standard InChI is InChI=1S/C13H18F3N5.ClH/c1-9-11(6-18-21(9)8-13(15)16)5-17-12-7-19-20(4-3-14)10(12)2;/h6-7,13,17H,3-5,8H2,1-2H3;1H. The van der Waals surface area contributed by atoms with Gasteiger partial charge in [0.15, 0.2) is 0 Å². The summed E-state index contributed by atoms with van der Waals surface area (Å²) in [4.78, 5) is 0. The fourth-order valence-electron chi connectivity index (χ4n) is 2.09. The van der Waals surface area contributed by atoms with Crippen LogP contribution in [-0.4, -0.2) is 32.7 Å². The number of aryl methyl sites for hydroxylation is 1. The van der Waals surface area contributed by atoms with E-state index in [0.717, 1.165) is 16.9 Å². The van der Waals surface area contributed by atoms with E-state index < -0.39 is 19.6 Å². The van der Waals surface area contributed by atoms with E-state index >= 15 is 0 Å².